The van der Waals surface area contributed by atoms with Crippen molar-refractivity contribution in [1.82, 2.24) is 9.97 Å². The lowest BCUT2D eigenvalue weighted by atomic mass is 10.1. The van der Waals surface area contributed by atoms with E-state index in [1.165, 1.54) is 24.5 Å². The second-order valence-corrected chi connectivity index (χ2v) is 3.73. The third kappa shape index (κ3) is 2.33. The summed E-state index contributed by atoms with van der Waals surface area (Å²) in [5, 5.41) is 10.8. The number of hydrogen-bond acceptors (Lipinski definition) is 5. The summed E-state index contributed by atoms with van der Waals surface area (Å²) >= 11 is 5.85. The zero-order valence-electron chi connectivity index (χ0n) is 8.91. The van der Waals surface area contributed by atoms with Crippen LogP contribution in [0.25, 0.3) is 0 Å². The van der Waals surface area contributed by atoms with E-state index in [1.807, 2.05) is 0 Å². The second-order valence-electron chi connectivity index (χ2n) is 3.32. The molecule has 7 heteroatoms. The predicted molar refractivity (Wildman–Crippen MR) is 63.6 cm³/mol. The van der Waals surface area contributed by atoms with Gasteiger partial charge in [0.15, 0.2) is 0 Å². The molecule has 18 heavy (non-hydrogen) atoms. The van der Waals surface area contributed by atoms with E-state index in [2.05, 4.69) is 9.97 Å². The number of benzene rings is 1. The molecule has 0 unspecified atom stereocenters. The molecule has 0 aliphatic carbocycles. The van der Waals surface area contributed by atoms with Gasteiger partial charge in [-0.2, -0.15) is 0 Å². The van der Waals surface area contributed by atoms with Gasteiger partial charge in [-0.1, -0.05) is 11.6 Å². The monoisotopic (exact) mass is 263 g/mol. The van der Waals surface area contributed by atoms with E-state index in [1.54, 1.807) is 6.07 Å². The van der Waals surface area contributed by atoms with Gasteiger partial charge in [0.1, 0.15) is 0 Å². The van der Waals surface area contributed by atoms with Crippen LogP contribution in [0, 0.1) is 10.1 Å². The van der Waals surface area contributed by atoms with Gasteiger partial charge >= 0.3 is 0 Å². The van der Waals surface area contributed by atoms with Crippen molar-refractivity contribution >= 4 is 23.1 Å². The highest BCUT2D eigenvalue weighted by atomic mass is 35.5. The Kier molecular flexibility index (Phi) is 3.29. The highest BCUT2D eigenvalue weighted by Crippen LogP contribution is 2.23. The van der Waals surface area contributed by atoms with Crippen LogP contribution in [-0.4, -0.2) is 20.7 Å². The van der Waals surface area contributed by atoms with Gasteiger partial charge in [0.05, 0.1) is 15.5 Å². The first kappa shape index (κ1) is 12.1. The van der Waals surface area contributed by atoms with Crippen molar-refractivity contribution in [1.29, 1.82) is 0 Å². The maximum atomic E-state index is 12.0. The Labute approximate surface area is 106 Å². The minimum atomic E-state index is -0.598. The Hall–Kier alpha value is -2.34. The van der Waals surface area contributed by atoms with Crippen molar-refractivity contribution in [2.24, 2.45) is 0 Å². The molecule has 0 aliphatic rings. The Balaban J connectivity index is 2.48. The summed E-state index contributed by atoms with van der Waals surface area (Å²) < 4.78 is 0. The van der Waals surface area contributed by atoms with Crippen LogP contribution >= 0.6 is 11.6 Å². The van der Waals surface area contributed by atoms with Gasteiger partial charge in [0.2, 0.25) is 11.6 Å². The van der Waals surface area contributed by atoms with Crippen LogP contribution in [0.1, 0.15) is 16.2 Å². The third-order valence-corrected chi connectivity index (χ3v) is 2.50. The molecule has 1 aromatic heterocycles. The molecule has 0 amide bonds. The molecule has 0 bridgehead atoms. The van der Waals surface area contributed by atoms with E-state index in [0.717, 1.165) is 6.07 Å². The van der Waals surface area contributed by atoms with Crippen LogP contribution < -0.4 is 0 Å². The van der Waals surface area contributed by atoms with Crippen molar-refractivity contribution in [2.75, 3.05) is 0 Å². The van der Waals surface area contributed by atoms with Crippen LogP contribution in [0.3, 0.4) is 0 Å². The molecular weight excluding hydrogens is 258 g/mol. The van der Waals surface area contributed by atoms with Gasteiger partial charge < -0.3 is 0 Å². The summed E-state index contributed by atoms with van der Waals surface area (Å²) in [6, 6.07) is 5.20. The molecule has 1 heterocycles. The van der Waals surface area contributed by atoms with Gasteiger partial charge in [0.25, 0.3) is 5.69 Å². The summed E-state index contributed by atoms with van der Waals surface area (Å²) in [6.07, 6.45) is 2.82. The van der Waals surface area contributed by atoms with E-state index in [9.17, 15) is 14.9 Å². The van der Waals surface area contributed by atoms with E-state index < -0.39 is 10.7 Å². The molecule has 0 N–H and O–H groups in total. The van der Waals surface area contributed by atoms with Crippen LogP contribution in [0.4, 0.5) is 5.69 Å². The lowest BCUT2D eigenvalue weighted by Gasteiger charge is -2.01. The molecule has 1 aromatic carbocycles. The molecule has 2 rings (SSSR count). The normalized spacial score (nSPS) is 10.1. The fraction of sp³-hybridized carbons (Fsp3) is 0. The van der Waals surface area contributed by atoms with Gasteiger partial charge in [-0.15, -0.1) is 0 Å². The van der Waals surface area contributed by atoms with Crippen molar-refractivity contribution in [3.05, 3.63) is 63.2 Å². The second kappa shape index (κ2) is 4.89. The number of hydrogen-bond donors (Lipinski definition) is 0. The Morgan fingerprint density at radius 1 is 1.28 bits per heavy atom. The van der Waals surface area contributed by atoms with Crippen LogP contribution in [0.15, 0.2) is 36.7 Å². The summed E-state index contributed by atoms with van der Waals surface area (Å²) in [5.41, 5.74) is -0.198. The van der Waals surface area contributed by atoms with Gasteiger partial charge in [-0.25, -0.2) is 9.97 Å². The van der Waals surface area contributed by atoms with Crippen molar-refractivity contribution in [3.63, 3.8) is 0 Å². The number of carbonyl (C=O) groups excluding carboxylic acids is 1. The molecular formula is C11H6ClN3O3. The predicted octanol–water partition coefficient (Wildman–Crippen LogP) is 2.27. The van der Waals surface area contributed by atoms with Crippen molar-refractivity contribution in [2.45, 2.75) is 0 Å². The summed E-state index contributed by atoms with van der Waals surface area (Å²) in [6.45, 7) is 0. The number of rotatable bonds is 3. The summed E-state index contributed by atoms with van der Waals surface area (Å²) in [4.78, 5) is 29.6. The topological polar surface area (TPSA) is 86.0 Å². The first-order chi connectivity index (χ1) is 8.59. The number of aromatic nitrogens is 2. The minimum absolute atomic E-state index is 0.0112. The van der Waals surface area contributed by atoms with Crippen LogP contribution in [0.5, 0.6) is 0 Å². The fourth-order valence-electron chi connectivity index (χ4n) is 1.34. The molecule has 0 atom stereocenters. The zero-order valence-corrected chi connectivity index (χ0v) is 9.66. The molecule has 6 nitrogen and oxygen atoms in total. The Morgan fingerprint density at radius 2 is 1.94 bits per heavy atom. The number of carbonyl (C=O) groups is 1. The molecule has 0 saturated carbocycles. The highest BCUT2D eigenvalue weighted by Gasteiger charge is 2.18. The SMILES string of the molecule is O=C(c1ncccn1)c1cc([N+](=O)[O-])ccc1Cl. The Morgan fingerprint density at radius 3 is 2.56 bits per heavy atom. The molecule has 0 radical (unpaired) electrons. The number of halogens is 1. The standard InChI is InChI=1S/C11H6ClN3O3/c12-9-3-2-7(15(17)18)6-8(9)10(16)11-13-4-1-5-14-11/h1-6H. The number of nitrogens with zero attached hydrogens (tertiary/aromatic N) is 3. The van der Waals surface area contributed by atoms with Gasteiger partial charge in [0, 0.05) is 24.5 Å². The van der Waals surface area contributed by atoms with Gasteiger partial charge in [-0.05, 0) is 12.1 Å². The summed E-state index contributed by atoms with van der Waals surface area (Å²) in [5.74, 6) is -0.607. The fourth-order valence-corrected chi connectivity index (χ4v) is 1.54. The van der Waals surface area contributed by atoms with E-state index in [4.69, 9.17) is 11.6 Å². The average molecular weight is 264 g/mol. The molecule has 90 valence electrons. The quantitative estimate of drug-likeness (QED) is 0.482. The molecule has 0 saturated heterocycles. The number of nitro groups is 1. The molecule has 2 aromatic rings. The largest absolute Gasteiger partial charge is 0.285 e. The third-order valence-electron chi connectivity index (χ3n) is 2.17. The smallest absolute Gasteiger partial charge is 0.270 e. The maximum Gasteiger partial charge on any atom is 0.270 e. The zero-order chi connectivity index (χ0) is 13.1. The lowest BCUT2D eigenvalue weighted by molar-refractivity contribution is -0.384. The Bertz CT molecular complexity index is 616. The van der Waals surface area contributed by atoms with Crippen LogP contribution in [-0.2, 0) is 0 Å². The lowest BCUT2D eigenvalue weighted by Crippen LogP contribution is -2.07. The molecule has 0 aliphatic heterocycles. The van der Waals surface area contributed by atoms with E-state index >= 15 is 0 Å². The van der Waals surface area contributed by atoms with E-state index in [0.29, 0.717) is 0 Å². The molecule has 0 spiro atoms. The number of ketones is 1. The summed E-state index contributed by atoms with van der Waals surface area (Å²) in [7, 11) is 0. The number of nitro benzene ring substituents is 1. The average Bonchev–Trinajstić information content (AvgIpc) is 2.39. The van der Waals surface area contributed by atoms with E-state index in [-0.39, 0.29) is 22.1 Å². The van der Waals surface area contributed by atoms with Crippen molar-refractivity contribution in [3.8, 4) is 0 Å². The first-order valence-corrected chi connectivity index (χ1v) is 5.23. The maximum absolute atomic E-state index is 12.0. The number of non-ortho nitro benzene ring substituents is 1. The van der Waals surface area contributed by atoms with Crippen molar-refractivity contribution < 1.29 is 9.72 Å². The van der Waals surface area contributed by atoms with Gasteiger partial charge in [-0.3, -0.25) is 14.9 Å². The highest BCUT2D eigenvalue weighted by molar-refractivity contribution is 6.34. The minimum Gasteiger partial charge on any atom is -0.285 e. The van der Waals surface area contributed by atoms with Crippen LogP contribution in [0.2, 0.25) is 5.02 Å². The molecule has 0 fully saturated rings. The first-order valence-electron chi connectivity index (χ1n) is 4.85.